The van der Waals surface area contributed by atoms with Crippen LogP contribution in [0.4, 0.5) is 0 Å². The van der Waals surface area contributed by atoms with Crippen molar-refractivity contribution in [1.29, 1.82) is 0 Å². The Balaban J connectivity index is 0.963. The lowest BCUT2D eigenvalue weighted by Crippen LogP contribution is -2.28. The Morgan fingerprint density at radius 3 is 1.50 bits per heavy atom. The van der Waals surface area contributed by atoms with Gasteiger partial charge in [-0.2, -0.15) is 0 Å². The molecule has 1 aromatic heterocycles. The van der Waals surface area contributed by atoms with Crippen LogP contribution >= 0.6 is 0 Å². The first-order valence-corrected chi connectivity index (χ1v) is 23.6. The average Bonchev–Trinajstić information content (AvgIpc) is 3.84. The summed E-state index contributed by atoms with van der Waals surface area (Å²) < 4.78 is 0. The number of rotatable bonds is 7. The van der Waals surface area contributed by atoms with Crippen LogP contribution in [-0.2, 0) is 10.8 Å². The van der Waals surface area contributed by atoms with E-state index in [1.165, 1.54) is 83.1 Å². The van der Waals surface area contributed by atoms with E-state index < -0.39 is 5.41 Å². The van der Waals surface area contributed by atoms with Gasteiger partial charge >= 0.3 is 0 Å². The third-order valence-electron chi connectivity index (χ3n) is 14.8. The molecule has 68 heavy (non-hydrogen) atoms. The van der Waals surface area contributed by atoms with Crippen LogP contribution in [0.25, 0.3) is 89.2 Å². The molecule has 320 valence electrons. The SMILES string of the molecule is CC1(C)c2cc3ccccc3cc2-c2c(-c3ccc(-c4cc(-c5ccccc5-c5cccc6c5-c5ccccc5C6(c5ccccc5)c5ccccc5)nc(-c5ccccc5)n4)cc3)cccc21. The zero-order valence-corrected chi connectivity index (χ0v) is 38.0. The predicted octanol–water partition coefficient (Wildman–Crippen LogP) is 16.6. The number of benzene rings is 10. The molecule has 0 N–H and O–H groups in total. The van der Waals surface area contributed by atoms with Gasteiger partial charge in [0.15, 0.2) is 5.82 Å². The molecule has 0 aliphatic heterocycles. The molecule has 1 heterocycles. The molecule has 0 spiro atoms. The first kappa shape index (κ1) is 39.9. The first-order chi connectivity index (χ1) is 33.5. The van der Waals surface area contributed by atoms with Crippen LogP contribution in [0.1, 0.15) is 47.2 Å². The highest BCUT2D eigenvalue weighted by Crippen LogP contribution is 2.59. The van der Waals surface area contributed by atoms with Crippen molar-refractivity contribution in [2.45, 2.75) is 24.7 Å². The van der Waals surface area contributed by atoms with Gasteiger partial charge in [0.2, 0.25) is 0 Å². The Morgan fingerprint density at radius 1 is 0.294 bits per heavy atom. The molecule has 2 heteroatoms. The highest BCUT2D eigenvalue weighted by Gasteiger charge is 2.47. The third kappa shape index (κ3) is 6.04. The summed E-state index contributed by atoms with van der Waals surface area (Å²) in [6, 6.07) is 88.6. The molecule has 11 aromatic rings. The highest BCUT2D eigenvalue weighted by atomic mass is 14.9. The van der Waals surface area contributed by atoms with Gasteiger partial charge in [0, 0.05) is 22.1 Å². The first-order valence-electron chi connectivity index (χ1n) is 23.6. The number of aromatic nitrogens is 2. The predicted molar refractivity (Wildman–Crippen MR) is 282 cm³/mol. The molecule has 10 aromatic carbocycles. The van der Waals surface area contributed by atoms with Crippen molar-refractivity contribution >= 4 is 10.8 Å². The van der Waals surface area contributed by atoms with Crippen LogP contribution in [0, 0.1) is 0 Å². The maximum atomic E-state index is 5.40. The van der Waals surface area contributed by atoms with Crippen molar-refractivity contribution in [3.63, 3.8) is 0 Å². The summed E-state index contributed by atoms with van der Waals surface area (Å²) in [4.78, 5) is 10.7. The number of hydrogen-bond acceptors (Lipinski definition) is 2. The van der Waals surface area contributed by atoms with E-state index in [9.17, 15) is 0 Å². The van der Waals surface area contributed by atoms with Gasteiger partial charge in [-0.05, 0) is 107 Å². The van der Waals surface area contributed by atoms with E-state index in [0.29, 0.717) is 5.82 Å². The molecular weight excluding hydrogens is 821 g/mol. The monoisotopic (exact) mass is 866 g/mol. The van der Waals surface area contributed by atoms with Crippen molar-refractivity contribution in [2.75, 3.05) is 0 Å². The molecule has 0 bridgehead atoms. The molecule has 2 nitrogen and oxygen atoms in total. The number of hydrogen-bond donors (Lipinski definition) is 0. The lowest BCUT2D eigenvalue weighted by Gasteiger charge is -2.34. The second-order valence-corrected chi connectivity index (χ2v) is 18.8. The van der Waals surface area contributed by atoms with Gasteiger partial charge in [-0.15, -0.1) is 0 Å². The average molecular weight is 867 g/mol. The molecule has 0 saturated carbocycles. The standard InChI is InChI=1S/C66H46N2/c1-65(2)57-34-18-31-50(62(57)55-40-46-22-12-13-23-47(46)41-59(55)65)43-36-38-44(39-37-43)60-42-61(68-64(67-60)45-20-6-3-7-21-45)52-29-15-14-28-51(52)53-32-19-35-58-63(53)54-30-16-17-33-56(54)66(58,48-24-8-4-9-25-48)49-26-10-5-11-27-49/h3-42H,1-2H3. The normalized spacial score (nSPS) is 13.7. The summed E-state index contributed by atoms with van der Waals surface area (Å²) in [5.41, 5.74) is 21.9. The van der Waals surface area contributed by atoms with Gasteiger partial charge in [-0.1, -0.05) is 238 Å². The van der Waals surface area contributed by atoms with Crippen molar-refractivity contribution in [2.24, 2.45) is 0 Å². The molecular formula is C66H46N2. The van der Waals surface area contributed by atoms with Crippen LogP contribution < -0.4 is 0 Å². The van der Waals surface area contributed by atoms with Gasteiger partial charge in [0.05, 0.1) is 16.8 Å². The van der Waals surface area contributed by atoms with Crippen LogP contribution in [-0.4, -0.2) is 9.97 Å². The van der Waals surface area contributed by atoms with E-state index in [4.69, 9.17) is 9.97 Å². The second kappa shape index (κ2) is 15.6. The fourth-order valence-electron chi connectivity index (χ4n) is 11.6. The van der Waals surface area contributed by atoms with E-state index in [2.05, 4.69) is 250 Å². The molecule has 0 radical (unpaired) electrons. The molecule has 0 atom stereocenters. The minimum absolute atomic E-state index is 0.109. The lowest BCUT2D eigenvalue weighted by molar-refractivity contribution is 0.661. The van der Waals surface area contributed by atoms with E-state index in [0.717, 1.165) is 33.6 Å². The molecule has 13 rings (SSSR count). The van der Waals surface area contributed by atoms with Crippen LogP contribution in [0.3, 0.4) is 0 Å². The minimum Gasteiger partial charge on any atom is -0.228 e. The van der Waals surface area contributed by atoms with Crippen molar-refractivity contribution < 1.29 is 0 Å². The maximum Gasteiger partial charge on any atom is 0.160 e. The summed E-state index contributed by atoms with van der Waals surface area (Å²) in [5.74, 6) is 0.694. The fraction of sp³-hybridized carbons (Fsp3) is 0.0606. The van der Waals surface area contributed by atoms with Crippen LogP contribution in [0.15, 0.2) is 243 Å². The van der Waals surface area contributed by atoms with Gasteiger partial charge in [0.1, 0.15) is 0 Å². The molecule has 0 saturated heterocycles. The van der Waals surface area contributed by atoms with Crippen LogP contribution in [0.5, 0.6) is 0 Å². The largest absolute Gasteiger partial charge is 0.228 e. The summed E-state index contributed by atoms with van der Waals surface area (Å²) in [6.45, 7) is 4.72. The van der Waals surface area contributed by atoms with Crippen molar-refractivity contribution in [3.05, 3.63) is 276 Å². The maximum absolute atomic E-state index is 5.40. The van der Waals surface area contributed by atoms with Gasteiger partial charge < -0.3 is 0 Å². The lowest BCUT2D eigenvalue weighted by atomic mass is 9.67. The van der Waals surface area contributed by atoms with E-state index in [1.54, 1.807) is 0 Å². The number of fused-ring (bicyclic) bond motifs is 7. The van der Waals surface area contributed by atoms with E-state index in [1.807, 2.05) is 6.07 Å². The molecule has 0 fully saturated rings. The smallest absolute Gasteiger partial charge is 0.160 e. The topological polar surface area (TPSA) is 25.8 Å². The Bertz CT molecular complexity index is 3700. The van der Waals surface area contributed by atoms with Gasteiger partial charge in [0.25, 0.3) is 0 Å². The summed E-state index contributed by atoms with van der Waals surface area (Å²) in [6.07, 6.45) is 0. The molecule has 2 aliphatic rings. The van der Waals surface area contributed by atoms with Crippen molar-refractivity contribution in [3.8, 4) is 78.4 Å². The van der Waals surface area contributed by atoms with Gasteiger partial charge in [-0.25, -0.2) is 9.97 Å². The second-order valence-electron chi connectivity index (χ2n) is 18.8. The van der Waals surface area contributed by atoms with E-state index >= 15 is 0 Å². The summed E-state index contributed by atoms with van der Waals surface area (Å²) >= 11 is 0. The Morgan fingerprint density at radius 2 is 0.794 bits per heavy atom. The zero-order valence-electron chi connectivity index (χ0n) is 38.0. The Labute approximate surface area is 398 Å². The minimum atomic E-state index is -0.498. The highest BCUT2D eigenvalue weighted by molar-refractivity contribution is 6.00. The molecule has 2 aliphatic carbocycles. The summed E-state index contributed by atoms with van der Waals surface area (Å²) in [7, 11) is 0. The fourth-order valence-corrected chi connectivity index (χ4v) is 11.6. The molecule has 0 unspecified atom stereocenters. The van der Waals surface area contributed by atoms with E-state index in [-0.39, 0.29) is 5.41 Å². The van der Waals surface area contributed by atoms with Crippen LogP contribution in [0.2, 0.25) is 0 Å². The molecule has 0 amide bonds. The van der Waals surface area contributed by atoms with Gasteiger partial charge in [-0.3, -0.25) is 0 Å². The third-order valence-corrected chi connectivity index (χ3v) is 14.8. The quantitative estimate of drug-likeness (QED) is 0.159. The number of nitrogens with zero attached hydrogens (tertiary/aromatic N) is 2. The zero-order chi connectivity index (χ0) is 45.4. The Hall–Kier alpha value is -8.46. The Kier molecular flexibility index (Phi) is 9.13. The van der Waals surface area contributed by atoms with Crippen molar-refractivity contribution in [1.82, 2.24) is 9.97 Å². The summed E-state index contributed by atoms with van der Waals surface area (Å²) in [5, 5.41) is 2.55.